The van der Waals surface area contributed by atoms with E-state index in [9.17, 15) is 9.59 Å². The van der Waals surface area contributed by atoms with E-state index in [2.05, 4.69) is 9.97 Å². The average Bonchev–Trinajstić information content (AvgIpc) is 2.89. The second kappa shape index (κ2) is 11.9. The van der Waals surface area contributed by atoms with Crippen LogP contribution in [0.2, 0.25) is 0 Å². The molecule has 0 saturated carbocycles. The maximum atomic E-state index is 12.9. The van der Waals surface area contributed by atoms with Crippen LogP contribution < -0.4 is 0 Å². The standard InChI is InChI=1S/C26H27N3O5S/c1-29(2)21-16-20(17-32-23(30)18-10-5-3-6-11-18)33-25(35-26-27-14-9-15-28-26)22(21)34-24(31)19-12-7-4-8-13-19/h3-15,20-22,25H,16-17H2,1-2H3/t20-,21?,22+,25?/m0/s1. The van der Waals surface area contributed by atoms with Crippen molar-refractivity contribution in [2.24, 2.45) is 0 Å². The Bertz CT molecular complexity index is 1100. The van der Waals surface area contributed by atoms with Crippen LogP contribution in [0.3, 0.4) is 0 Å². The Morgan fingerprint density at radius 3 is 2.14 bits per heavy atom. The monoisotopic (exact) mass is 493 g/mol. The number of likely N-dealkylation sites (N-methyl/N-ethyl adjacent to an activating group) is 1. The van der Waals surface area contributed by atoms with Gasteiger partial charge in [-0.1, -0.05) is 48.2 Å². The van der Waals surface area contributed by atoms with Crippen molar-refractivity contribution in [3.05, 3.63) is 90.3 Å². The zero-order valence-corrected chi connectivity index (χ0v) is 20.3. The molecule has 2 aromatic carbocycles. The first-order valence-electron chi connectivity index (χ1n) is 11.2. The highest BCUT2D eigenvalue weighted by molar-refractivity contribution is 7.99. The minimum absolute atomic E-state index is 0.0735. The molecule has 9 heteroatoms. The van der Waals surface area contributed by atoms with Crippen molar-refractivity contribution in [1.82, 2.24) is 14.9 Å². The van der Waals surface area contributed by atoms with E-state index in [1.807, 2.05) is 31.1 Å². The lowest BCUT2D eigenvalue weighted by atomic mass is 9.99. The summed E-state index contributed by atoms with van der Waals surface area (Å²) in [6.45, 7) is 0.0735. The fraction of sp³-hybridized carbons (Fsp3) is 0.308. The third-order valence-corrected chi connectivity index (χ3v) is 6.60. The normalized spacial score (nSPS) is 21.9. The highest BCUT2D eigenvalue weighted by Gasteiger charge is 2.44. The van der Waals surface area contributed by atoms with Gasteiger partial charge in [-0.05, 0) is 50.8 Å². The number of carbonyl (C=O) groups is 2. The first kappa shape index (κ1) is 24.8. The fourth-order valence-corrected chi connectivity index (χ4v) is 4.83. The van der Waals surface area contributed by atoms with E-state index in [0.717, 1.165) is 0 Å². The van der Waals surface area contributed by atoms with Crippen molar-refractivity contribution in [1.29, 1.82) is 0 Å². The topological polar surface area (TPSA) is 90.8 Å². The maximum Gasteiger partial charge on any atom is 0.338 e. The summed E-state index contributed by atoms with van der Waals surface area (Å²) in [7, 11) is 3.85. The number of aromatic nitrogens is 2. The summed E-state index contributed by atoms with van der Waals surface area (Å²) in [5, 5.41) is 0.498. The van der Waals surface area contributed by atoms with Crippen molar-refractivity contribution in [2.45, 2.75) is 35.3 Å². The second-order valence-electron chi connectivity index (χ2n) is 8.24. The van der Waals surface area contributed by atoms with Crippen molar-refractivity contribution < 1.29 is 23.8 Å². The first-order chi connectivity index (χ1) is 17.0. The molecule has 35 heavy (non-hydrogen) atoms. The summed E-state index contributed by atoms with van der Waals surface area (Å²) >= 11 is 1.28. The van der Waals surface area contributed by atoms with Crippen molar-refractivity contribution >= 4 is 23.7 Å². The van der Waals surface area contributed by atoms with Crippen molar-refractivity contribution in [3.63, 3.8) is 0 Å². The van der Waals surface area contributed by atoms with E-state index in [1.165, 1.54) is 11.8 Å². The molecule has 0 N–H and O–H groups in total. The van der Waals surface area contributed by atoms with Crippen molar-refractivity contribution in [3.8, 4) is 0 Å². The molecule has 8 nitrogen and oxygen atoms in total. The molecule has 3 aromatic rings. The molecule has 4 rings (SSSR count). The number of benzene rings is 2. The van der Waals surface area contributed by atoms with Crippen LogP contribution in [0.5, 0.6) is 0 Å². The van der Waals surface area contributed by atoms with Crippen LogP contribution in [0, 0.1) is 0 Å². The maximum absolute atomic E-state index is 12.9. The van der Waals surface area contributed by atoms with Crippen LogP contribution in [-0.2, 0) is 14.2 Å². The average molecular weight is 494 g/mol. The van der Waals surface area contributed by atoms with Gasteiger partial charge in [0.05, 0.1) is 23.3 Å². The van der Waals surface area contributed by atoms with E-state index in [0.29, 0.717) is 22.7 Å². The van der Waals surface area contributed by atoms with Gasteiger partial charge in [0.25, 0.3) is 0 Å². The summed E-state index contributed by atoms with van der Waals surface area (Å²) in [5.74, 6) is -0.844. The van der Waals surface area contributed by atoms with Gasteiger partial charge < -0.3 is 19.1 Å². The van der Waals surface area contributed by atoms with Gasteiger partial charge in [0, 0.05) is 12.4 Å². The Morgan fingerprint density at radius 1 is 0.943 bits per heavy atom. The number of thioether (sulfide) groups is 1. The third-order valence-electron chi connectivity index (χ3n) is 5.57. The van der Waals surface area contributed by atoms with Gasteiger partial charge in [0.1, 0.15) is 12.0 Å². The molecule has 1 fully saturated rings. The highest BCUT2D eigenvalue weighted by atomic mass is 32.2. The summed E-state index contributed by atoms with van der Waals surface area (Å²) in [5.41, 5.74) is 0.334. The predicted molar refractivity (Wildman–Crippen MR) is 131 cm³/mol. The molecule has 0 aliphatic carbocycles. The lowest BCUT2D eigenvalue weighted by Crippen LogP contribution is -2.55. The summed E-state index contributed by atoms with van der Waals surface area (Å²) < 4.78 is 17.8. The lowest BCUT2D eigenvalue weighted by Gasteiger charge is -2.43. The van der Waals surface area contributed by atoms with Gasteiger partial charge in [-0.25, -0.2) is 19.6 Å². The van der Waals surface area contributed by atoms with Crippen molar-refractivity contribution in [2.75, 3.05) is 20.7 Å². The largest absolute Gasteiger partial charge is 0.459 e. The minimum Gasteiger partial charge on any atom is -0.459 e. The Balaban J connectivity index is 1.52. The molecule has 0 spiro atoms. The minimum atomic E-state index is -0.605. The molecule has 0 radical (unpaired) electrons. The van der Waals surface area contributed by atoms with Crippen LogP contribution in [-0.4, -0.2) is 71.2 Å². The molecule has 0 amide bonds. The van der Waals surface area contributed by atoms with E-state index >= 15 is 0 Å². The van der Waals surface area contributed by atoms with Gasteiger partial charge in [0.2, 0.25) is 0 Å². The third kappa shape index (κ3) is 6.66. The van der Waals surface area contributed by atoms with Crippen LogP contribution in [0.4, 0.5) is 0 Å². The number of ether oxygens (including phenoxy) is 3. The molecule has 0 bridgehead atoms. The SMILES string of the molecule is CN(C)C1C[C@@H](COC(=O)c2ccccc2)OC(Sc2ncccn2)[C@@H]1OC(=O)c1ccccc1. The number of nitrogens with zero attached hydrogens (tertiary/aromatic N) is 3. The quantitative estimate of drug-likeness (QED) is 0.344. The lowest BCUT2D eigenvalue weighted by molar-refractivity contribution is -0.128. The Labute approximate surface area is 208 Å². The van der Waals surface area contributed by atoms with Gasteiger partial charge >= 0.3 is 11.9 Å². The van der Waals surface area contributed by atoms with Crippen LogP contribution in [0.15, 0.2) is 84.3 Å². The van der Waals surface area contributed by atoms with Crippen LogP contribution in [0.1, 0.15) is 27.1 Å². The Morgan fingerprint density at radius 2 is 1.54 bits per heavy atom. The number of esters is 2. The molecule has 2 heterocycles. The molecule has 4 atom stereocenters. The highest BCUT2D eigenvalue weighted by Crippen LogP contribution is 2.35. The summed E-state index contributed by atoms with van der Waals surface area (Å²) in [6, 6.07) is 19.2. The number of carbonyl (C=O) groups excluding carboxylic acids is 2. The second-order valence-corrected chi connectivity index (χ2v) is 9.31. The molecular weight excluding hydrogens is 466 g/mol. The van der Waals surface area contributed by atoms with E-state index in [4.69, 9.17) is 14.2 Å². The number of rotatable bonds is 8. The van der Waals surface area contributed by atoms with Gasteiger partial charge in [0.15, 0.2) is 11.3 Å². The Kier molecular flexibility index (Phi) is 8.46. The van der Waals surface area contributed by atoms with E-state index in [-0.39, 0.29) is 12.6 Å². The molecule has 1 aliphatic heterocycles. The van der Waals surface area contributed by atoms with Gasteiger partial charge in [-0.15, -0.1) is 0 Å². The van der Waals surface area contributed by atoms with Gasteiger partial charge in [-0.2, -0.15) is 0 Å². The molecule has 1 saturated heterocycles. The Hall–Kier alpha value is -3.27. The molecule has 1 aliphatic rings. The smallest absolute Gasteiger partial charge is 0.338 e. The van der Waals surface area contributed by atoms with Gasteiger partial charge in [-0.3, -0.25) is 0 Å². The summed E-state index contributed by atoms with van der Waals surface area (Å²) in [6.07, 6.45) is 2.79. The molecule has 2 unspecified atom stereocenters. The first-order valence-corrected chi connectivity index (χ1v) is 12.1. The van der Waals surface area contributed by atoms with E-state index < -0.39 is 29.6 Å². The van der Waals surface area contributed by atoms with Crippen LogP contribution >= 0.6 is 11.8 Å². The zero-order valence-electron chi connectivity index (χ0n) is 19.5. The fourth-order valence-electron chi connectivity index (χ4n) is 3.79. The number of hydrogen-bond acceptors (Lipinski definition) is 9. The number of hydrogen-bond donors (Lipinski definition) is 0. The zero-order chi connectivity index (χ0) is 24.6. The summed E-state index contributed by atoms with van der Waals surface area (Å²) in [4.78, 5) is 36.0. The predicted octanol–water partition coefficient (Wildman–Crippen LogP) is 3.70. The van der Waals surface area contributed by atoms with Crippen LogP contribution in [0.25, 0.3) is 0 Å². The molecular formula is C26H27N3O5S. The molecule has 1 aromatic heterocycles. The van der Waals surface area contributed by atoms with E-state index in [1.54, 1.807) is 67.0 Å². The molecule has 182 valence electrons.